The fraction of sp³-hybridized carbons (Fsp3) is 0.619. The van der Waals surface area contributed by atoms with Crippen LogP contribution < -0.4 is 5.32 Å². The smallest absolute Gasteiger partial charge is 0.211 e. The Hall–Kier alpha value is -1.71. The molecule has 1 aromatic carbocycles. The second-order valence-corrected chi connectivity index (χ2v) is 6.96. The Bertz CT molecular complexity index is 456. The quantitative estimate of drug-likeness (QED) is 0.459. The highest BCUT2D eigenvalue weighted by molar-refractivity contribution is 5.71. The molecule has 0 radical (unpaired) electrons. The number of hydrogen-bond acceptors (Lipinski definition) is 2. The van der Waals surface area contributed by atoms with Gasteiger partial charge in [-0.15, -0.1) is 0 Å². The Morgan fingerprint density at radius 2 is 1.60 bits per heavy atom. The Kier molecular flexibility index (Phi) is 17.5. The van der Waals surface area contributed by atoms with E-state index in [-0.39, 0.29) is 17.4 Å². The molecule has 0 aromatic heterocycles. The molecule has 3 nitrogen and oxygen atoms in total. The maximum atomic E-state index is 13.7. The third-order valence-electron chi connectivity index (χ3n) is 2.86. The van der Waals surface area contributed by atoms with Crippen LogP contribution in [-0.4, -0.2) is 12.7 Å². The van der Waals surface area contributed by atoms with E-state index < -0.39 is 0 Å². The van der Waals surface area contributed by atoms with E-state index in [9.17, 15) is 14.0 Å². The summed E-state index contributed by atoms with van der Waals surface area (Å²) in [6.45, 7) is 12.4. The molecular weight excluding hydrogens is 317 g/mol. The number of nitrogens with one attached hydrogen (secondary N) is 1. The highest BCUT2D eigenvalue weighted by Gasteiger charge is 2.06. The van der Waals surface area contributed by atoms with Crippen molar-refractivity contribution >= 4 is 18.4 Å². The van der Waals surface area contributed by atoms with Gasteiger partial charge in [0.05, 0.1) is 5.69 Å². The first-order chi connectivity index (χ1) is 11.8. The average molecular weight is 354 g/mol. The van der Waals surface area contributed by atoms with E-state index in [1.54, 1.807) is 18.2 Å². The third-order valence-corrected chi connectivity index (χ3v) is 2.86. The summed E-state index contributed by atoms with van der Waals surface area (Å²) in [6.07, 6.45) is 6.64. The lowest BCUT2D eigenvalue weighted by Gasteiger charge is -2.06. The SMILES string of the molecule is CC(C)C.CC(C)C=O.CCCCCCc1cccc(NC=O)c1F. The first kappa shape index (κ1) is 25.5. The molecule has 0 saturated heterocycles. The van der Waals surface area contributed by atoms with Crippen LogP contribution in [0, 0.1) is 17.7 Å². The lowest BCUT2D eigenvalue weighted by molar-refractivity contribution is -0.110. The van der Waals surface area contributed by atoms with Crippen LogP contribution >= 0.6 is 0 Å². The largest absolute Gasteiger partial charge is 0.326 e. The van der Waals surface area contributed by atoms with Crippen LogP contribution in [0.5, 0.6) is 0 Å². The minimum absolute atomic E-state index is 0.204. The molecule has 0 atom stereocenters. The molecule has 0 aliphatic carbocycles. The van der Waals surface area contributed by atoms with E-state index in [4.69, 9.17) is 0 Å². The van der Waals surface area contributed by atoms with Crippen molar-refractivity contribution in [2.45, 2.75) is 73.6 Å². The van der Waals surface area contributed by atoms with Crippen LogP contribution in [0.4, 0.5) is 10.1 Å². The van der Waals surface area contributed by atoms with Gasteiger partial charge in [0, 0.05) is 5.92 Å². The van der Waals surface area contributed by atoms with Gasteiger partial charge in [-0.3, -0.25) is 4.79 Å². The molecule has 0 aliphatic heterocycles. The van der Waals surface area contributed by atoms with E-state index >= 15 is 0 Å². The fourth-order valence-corrected chi connectivity index (χ4v) is 1.69. The van der Waals surface area contributed by atoms with Crippen molar-refractivity contribution in [1.82, 2.24) is 0 Å². The van der Waals surface area contributed by atoms with E-state index in [0.29, 0.717) is 12.0 Å². The number of carbonyl (C=O) groups is 2. The number of halogens is 1. The van der Waals surface area contributed by atoms with Crippen molar-refractivity contribution in [2.24, 2.45) is 11.8 Å². The summed E-state index contributed by atoms with van der Waals surface area (Å²) >= 11 is 0. The summed E-state index contributed by atoms with van der Waals surface area (Å²) in [7, 11) is 0. The number of benzene rings is 1. The van der Waals surface area contributed by atoms with Gasteiger partial charge in [-0.05, 0) is 30.4 Å². The van der Waals surface area contributed by atoms with Crippen molar-refractivity contribution in [3.63, 3.8) is 0 Å². The van der Waals surface area contributed by atoms with Gasteiger partial charge in [0.2, 0.25) is 6.41 Å². The Balaban J connectivity index is 0. The average Bonchev–Trinajstić information content (AvgIpc) is 2.55. The van der Waals surface area contributed by atoms with Gasteiger partial charge in [-0.25, -0.2) is 4.39 Å². The van der Waals surface area contributed by atoms with Crippen LogP contribution in [0.3, 0.4) is 0 Å². The zero-order chi connectivity index (χ0) is 19.7. The number of unbranched alkanes of at least 4 members (excludes halogenated alkanes) is 3. The predicted molar refractivity (Wildman–Crippen MR) is 105 cm³/mol. The van der Waals surface area contributed by atoms with Crippen molar-refractivity contribution in [2.75, 3.05) is 5.32 Å². The number of carbonyl (C=O) groups excluding carboxylic acids is 2. The van der Waals surface area contributed by atoms with Gasteiger partial charge in [0.15, 0.2) is 0 Å². The second kappa shape index (κ2) is 17.1. The summed E-state index contributed by atoms with van der Waals surface area (Å²) < 4.78 is 13.7. The molecule has 0 bridgehead atoms. The Morgan fingerprint density at radius 3 is 2.04 bits per heavy atom. The minimum Gasteiger partial charge on any atom is -0.326 e. The Labute approximate surface area is 153 Å². The topological polar surface area (TPSA) is 46.2 Å². The van der Waals surface area contributed by atoms with Crippen molar-refractivity contribution < 1.29 is 14.0 Å². The molecule has 0 aliphatic rings. The molecule has 0 heterocycles. The number of anilines is 1. The first-order valence-corrected chi connectivity index (χ1v) is 9.22. The highest BCUT2D eigenvalue weighted by Crippen LogP contribution is 2.19. The van der Waals surface area contributed by atoms with Gasteiger partial charge in [0.25, 0.3) is 0 Å². The number of hydrogen-bond donors (Lipinski definition) is 1. The van der Waals surface area contributed by atoms with Crippen molar-refractivity contribution in [3.05, 3.63) is 29.6 Å². The van der Waals surface area contributed by atoms with Crippen LogP contribution in [0.15, 0.2) is 18.2 Å². The molecule has 144 valence electrons. The third kappa shape index (κ3) is 16.9. The van der Waals surface area contributed by atoms with Crippen LogP contribution in [0.25, 0.3) is 0 Å². The number of aryl methyl sites for hydroxylation is 1. The van der Waals surface area contributed by atoms with E-state index in [1.807, 2.05) is 13.8 Å². The van der Waals surface area contributed by atoms with E-state index in [0.717, 1.165) is 31.5 Å². The lowest BCUT2D eigenvalue weighted by Crippen LogP contribution is -2.00. The summed E-state index contributed by atoms with van der Waals surface area (Å²) in [4.78, 5) is 19.8. The zero-order valence-corrected chi connectivity index (χ0v) is 16.8. The minimum atomic E-state index is -0.300. The second-order valence-electron chi connectivity index (χ2n) is 6.96. The standard InChI is InChI=1S/C13H18FNO.C4H8O.C4H10/c1-2-3-4-5-7-11-8-6-9-12(13(11)14)15-10-16;1-4(2)3-5;1-4(2)3/h6,8-10H,2-5,7H2,1H3,(H,15,16);3-4H,1-2H3;4H,1-3H3. The van der Waals surface area contributed by atoms with E-state index in [2.05, 4.69) is 33.0 Å². The fourth-order valence-electron chi connectivity index (χ4n) is 1.69. The molecule has 1 N–H and O–H groups in total. The number of amides is 1. The monoisotopic (exact) mass is 353 g/mol. The molecular formula is C21H36FNO2. The predicted octanol–water partition coefficient (Wildman–Crippen LogP) is 6.02. The molecule has 4 heteroatoms. The summed E-state index contributed by atoms with van der Waals surface area (Å²) in [6, 6.07) is 5.11. The summed E-state index contributed by atoms with van der Waals surface area (Å²) in [5, 5.41) is 2.36. The maximum absolute atomic E-state index is 13.7. The van der Waals surface area contributed by atoms with Gasteiger partial charge in [-0.2, -0.15) is 0 Å². The molecule has 0 unspecified atom stereocenters. The van der Waals surface area contributed by atoms with Gasteiger partial charge >= 0.3 is 0 Å². The van der Waals surface area contributed by atoms with Crippen molar-refractivity contribution in [3.8, 4) is 0 Å². The summed E-state index contributed by atoms with van der Waals surface area (Å²) in [5.74, 6) is 0.737. The Morgan fingerprint density at radius 1 is 1.04 bits per heavy atom. The molecule has 0 spiro atoms. The molecule has 1 rings (SSSR count). The van der Waals surface area contributed by atoms with Crippen LogP contribution in [0.1, 0.15) is 72.8 Å². The number of rotatable bonds is 8. The van der Waals surface area contributed by atoms with Gasteiger partial charge in [-0.1, -0.05) is 72.9 Å². The lowest BCUT2D eigenvalue weighted by atomic mass is 10.1. The van der Waals surface area contributed by atoms with Crippen LogP contribution in [-0.2, 0) is 16.0 Å². The highest BCUT2D eigenvalue weighted by atomic mass is 19.1. The maximum Gasteiger partial charge on any atom is 0.211 e. The molecule has 0 fully saturated rings. The van der Waals surface area contributed by atoms with Gasteiger partial charge in [0.1, 0.15) is 12.1 Å². The molecule has 1 amide bonds. The summed E-state index contributed by atoms with van der Waals surface area (Å²) in [5.41, 5.74) is 0.950. The van der Waals surface area contributed by atoms with Gasteiger partial charge < -0.3 is 10.1 Å². The zero-order valence-electron chi connectivity index (χ0n) is 16.8. The van der Waals surface area contributed by atoms with Crippen LogP contribution in [0.2, 0.25) is 0 Å². The normalized spacial score (nSPS) is 9.64. The molecule has 25 heavy (non-hydrogen) atoms. The number of aldehydes is 1. The first-order valence-electron chi connectivity index (χ1n) is 9.22. The van der Waals surface area contributed by atoms with Crippen molar-refractivity contribution in [1.29, 1.82) is 0 Å². The molecule has 0 saturated carbocycles. The van der Waals surface area contributed by atoms with E-state index in [1.165, 1.54) is 12.8 Å². The molecule has 1 aromatic rings.